The van der Waals surface area contributed by atoms with Crippen LogP contribution in [-0.4, -0.2) is 38.8 Å². The quantitative estimate of drug-likeness (QED) is 0.722. The minimum absolute atomic E-state index is 0.0450. The Morgan fingerprint density at radius 2 is 2.08 bits per heavy atom. The number of hydrogen-bond acceptors (Lipinski definition) is 4. The number of carbonyl (C=O) groups excluding carboxylic acids is 1. The highest BCUT2D eigenvalue weighted by atomic mass is 16.2. The summed E-state index contributed by atoms with van der Waals surface area (Å²) in [6.07, 6.45) is 7.28. The number of hydrogen-bond donors (Lipinski definition) is 0. The molecule has 5 heteroatoms. The first kappa shape index (κ1) is 15.7. The second-order valence-corrected chi connectivity index (χ2v) is 6.59. The molecule has 0 spiro atoms. The van der Waals surface area contributed by atoms with Crippen molar-refractivity contribution in [2.75, 3.05) is 13.1 Å². The van der Waals surface area contributed by atoms with Crippen molar-refractivity contribution in [3.63, 3.8) is 0 Å². The highest BCUT2D eigenvalue weighted by Crippen LogP contribution is 2.26. The van der Waals surface area contributed by atoms with Gasteiger partial charge in [0, 0.05) is 43.0 Å². The fraction of sp³-hybridized carbons (Fsp3) is 0.300. The average molecular weight is 332 g/mol. The molecular formula is C20H20N4O. The number of pyridine rings is 1. The first-order chi connectivity index (χ1) is 12.2. The second kappa shape index (κ2) is 6.59. The summed E-state index contributed by atoms with van der Waals surface area (Å²) in [5.41, 5.74) is 3.45. The number of aromatic nitrogens is 3. The Morgan fingerprint density at radius 3 is 2.96 bits per heavy atom. The lowest BCUT2D eigenvalue weighted by molar-refractivity contribution is 0.0705. The van der Waals surface area contributed by atoms with E-state index in [1.54, 1.807) is 12.4 Å². The Morgan fingerprint density at radius 1 is 1.20 bits per heavy atom. The van der Waals surface area contributed by atoms with Gasteiger partial charge < -0.3 is 4.90 Å². The highest BCUT2D eigenvalue weighted by Gasteiger charge is 2.26. The van der Waals surface area contributed by atoms with Gasteiger partial charge in [0.1, 0.15) is 0 Å². The predicted octanol–water partition coefficient (Wildman–Crippen LogP) is 3.35. The zero-order valence-electron chi connectivity index (χ0n) is 14.2. The Balaban J connectivity index is 1.56. The van der Waals surface area contributed by atoms with Crippen molar-refractivity contribution in [2.24, 2.45) is 0 Å². The van der Waals surface area contributed by atoms with Gasteiger partial charge in [-0.05, 0) is 31.9 Å². The zero-order chi connectivity index (χ0) is 17.2. The van der Waals surface area contributed by atoms with Crippen molar-refractivity contribution in [2.45, 2.75) is 25.7 Å². The normalized spacial score (nSPS) is 17.6. The number of rotatable bonds is 2. The van der Waals surface area contributed by atoms with Gasteiger partial charge in [-0.15, -0.1) is 0 Å². The van der Waals surface area contributed by atoms with Gasteiger partial charge >= 0.3 is 0 Å². The Kier molecular flexibility index (Phi) is 4.14. The molecule has 1 atom stereocenters. The van der Waals surface area contributed by atoms with Gasteiger partial charge in [0.25, 0.3) is 5.91 Å². The molecule has 1 fully saturated rings. The summed E-state index contributed by atoms with van der Waals surface area (Å²) in [5.74, 6) is 0.294. The molecule has 0 bridgehead atoms. The van der Waals surface area contributed by atoms with Gasteiger partial charge in [-0.3, -0.25) is 19.7 Å². The molecule has 25 heavy (non-hydrogen) atoms. The van der Waals surface area contributed by atoms with Crippen LogP contribution in [0.15, 0.2) is 48.9 Å². The van der Waals surface area contributed by atoms with Crippen LogP contribution in [-0.2, 0) is 0 Å². The summed E-state index contributed by atoms with van der Waals surface area (Å²) in [7, 11) is 0. The molecule has 1 saturated heterocycles. The van der Waals surface area contributed by atoms with Crippen molar-refractivity contribution in [1.29, 1.82) is 0 Å². The number of aryl methyl sites for hydroxylation is 1. The van der Waals surface area contributed by atoms with Gasteiger partial charge in [0.2, 0.25) is 0 Å². The average Bonchev–Trinajstić information content (AvgIpc) is 2.67. The summed E-state index contributed by atoms with van der Waals surface area (Å²) < 4.78 is 0. The Bertz CT molecular complexity index is 924. The van der Waals surface area contributed by atoms with E-state index in [-0.39, 0.29) is 11.8 Å². The van der Waals surface area contributed by atoms with E-state index in [4.69, 9.17) is 0 Å². The van der Waals surface area contributed by atoms with E-state index in [2.05, 4.69) is 15.0 Å². The number of para-hydroxylation sites is 1. The molecule has 0 N–H and O–H groups in total. The maximum atomic E-state index is 12.9. The highest BCUT2D eigenvalue weighted by molar-refractivity contribution is 5.97. The van der Waals surface area contributed by atoms with Crippen LogP contribution in [0.25, 0.3) is 10.9 Å². The van der Waals surface area contributed by atoms with Gasteiger partial charge in [0.15, 0.2) is 0 Å². The first-order valence-corrected chi connectivity index (χ1v) is 8.63. The van der Waals surface area contributed by atoms with Crippen LogP contribution in [0.5, 0.6) is 0 Å². The van der Waals surface area contributed by atoms with E-state index in [0.717, 1.165) is 41.7 Å². The standard InChI is InChI=1S/C20H20N4O/c1-14-10-21-12-19(23-14)16-6-4-8-24(13-16)20(25)17-9-15-5-2-3-7-18(15)22-11-17/h2-3,5,7,9-12,16H,4,6,8,13H2,1H3/t16-/m1/s1. The Labute approximate surface area is 146 Å². The molecule has 126 valence electrons. The van der Waals surface area contributed by atoms with E-state index in [1.165, 1.54) is 0 Å². The van der Waals surface area contributed by atoms with Crippen LogP contribution < -0.4 is 0 Å². The van der Waals surface area contributed by atoms with Crippen molar-refractivity contribution >= 4 is 16.8 Å². The third-order valence-electron chi connectivity index (χ3n) is 4.74. The molecule has 3 heterocycles. The number of fused-ring (bicyclic) bond motifs is 1. The lowest BCUT2D eigenvalue weighted by Gasteiger charge is -2.32. The van der Waals surface area contributed by atoms with Crippen molar-refractivity contribution in [1.82, 2.24) is 19.9 Å². The van der Waals surface area contributed by atoms with Crippen molar-refractivity contribution in [3.8, 4) is 0 Å². The molecule has 0 saturated carbocycles. The molecular weight excluding hydrogens is 312 g/mol. The fourth-order valence-electron chi connectivity index (χ4n) is 3.45. The largest absolute Gasteiger partial charge is 0.338 e. The molecule has 4 rings (SSSR count). The van der Waals surface area contributed by atoms with E-state index in [9.17, 15) is 4.79 Å². The predicted molar refractivity (Wildman–Crippen MR) is 96.4 cm³/mol. The molecule has 2 aromatic heterocycles. The van der Waals surface area contributed by atoms with Crippen LogP contribution in [0, 0.1) is 6.92 Å². The van der Waals surface area contributed by atoms with E-state index < -0.39 is 0 Å². The first-order valence-electron chi connectivity index (χ1n) is 8.63. The van der Waals surface area contributed by atoms with E-state index in [0.29, 0.717) is 12.1 Å². The number of likely N-dealkylation sites (tertiary alicyclic amines) is 1. The lowest BCUT2D eigenvalue weighted by atomic mass is 9.94. The summed E-state index contributed by atoms with van der Waals surface area (Å²) in [6.45, 7) is 3.41. The van der Waals surface area contributed by atoms with E-state index >= 15 is 0 Å². The van der Waals surface area contributed by atoms with Gasteiger partial charge in [0.05, 0.1) is 22.5 Å². The number of nitrogens with zero attached hydrogens (tertiary/aromatic N) is 4. The van der Waals surface area contributed by atoms with Crippen molar-refractivity contribution in [3.05, 3.63) is 65.9 Å². The number of piperidine rings is 1. The SMILES string of the molecule is Cc1cncc([C@@H]2CCCN(C(=O)c3cnc4ccccc4c3)C2)n1. The maximum Gasteiger partial charge on any atom is 0.255 e. The second-order valence-electron chi connectivity index (χ2n) is 6.59. The Hall–Kier alpha value is -2.82. The van der Waals surface area contributed by atoms with Crippen LogP contribution in [0.1, 0.15) is 40.5 Å². The molecule has 1 aliphatic heterocycles. The van der Waals surface area contributed by atoms with Gasteiger partial charge in [-0.25, -0.2) is 0 Å². The minimum atomic E-state index is 0.0450. The molecule has 3 aromatic rings. The van der Waals surface area contributed by atoms with Crippen LogP contribution in [0.2, 0.25) is 0 Å². The summed E-state index contributed by atoms with van der Waals surface area (Å²) in [6, 6.07) is 9.79. The summed E-state index contributed by atoms with van der Waals surface area (Å²) in [4.78, 5) is 28.1. The summed E-state index contributed by atoms with van der Waals surface area (Å²) >= 11 is 0. The maximum absolute atomic E-state index is 12.9. The number of benzene rings is 1. The topological polar surface area (TPSA) is 59.0 Å². The molecule has 5 nitrogen and oxygen atoms in total. The van der Waals surface area contributed by atoms with Crippen LogP contribution in [0.4, 0.5) is 0 Å². The molecule has 0 radical (unpaired) electrons. The van der Waals surface area contributed by atoms with Crippen LogP contribution >= 0.6 is 0 Å². The molecule has 1 amide bonds. The third-order valence-corrected chi connectivity index (χ3v) is 4.74. The third kappa shape index (κ3) is 3.22. The van der Waals surface area contributed by atoms with E-state index in [1.807, 2.05) is 48.4 Å². The zero-order valence-corrected chi connectivity index (χ0v) is 14.2. The summed E-state index contributed by atoms with van der Waals surface area (Å²) in [5, 5.41) is 0.992. The smallest absolute Gasteiger partial charge is 0.255 e. The van der Waals surface area contributed by atoms with Gasteiger partial charge in [-0.1, -0.05) is 18.2 Å². The monoisotopic (exact) mass is 332 g/mol. The fourth-order valence-corrected chi connectivity index (χ4v) is 3.45. The molecule has 0 aliphatic carbocycles. The minimum Gasteiger partial charge on any atom is -0.338 e. The molecule has 0 unspecified atom stereocenters. The lowest BCUT2D eigenvalue weighted by Crippen LogP contribution is -2.39. The number of carbonyl (C=O) groups is 1. The van der Waals surface area contributed by atoms with Crippen molar-refractivity contribution < 1.29 is 4.79 Å². The molecule has 1 aromatic carbocycles. The van der Waals surface area contributed by atoms with Crippen LogP contribution in [0.3, 0.4) is 0 Å². The molecule has 1 aliphatic rings. The number of amides is 1. The van der Waals surface area contributed by atoms with Gasteiger partial charge in [-0.2, -0.15) is 0 Å².